The number of hydrogen-bond acceptors (Lipinski definition) is 4. The standard InChI is InChI=1S/C21H21N3O3/c1-15(16-9-5-3-6-10-16)24(2)20(25)14-27-21(26)19-13-18(22-23-19)17-11-7-4-8-12-17/h3-13,15H,14H2,1-2H3,(H,22,23)/t15-/m0/s1. The van der Waals surface area contributed by atoms with Crippen LogP contribution in [0.1, 0.15) is 29.0 Å². The summed E-state index contributed by atoms with van der Waals surface area (Å²) in [6.07, 6.45) is 0. The lowest BCUT2D eigenvalue weighted by Crippen LogP contribution is -2.33. The molecule has 0 spiro atoms. The molecular weight excluding hydrogens is 342 g/mol. The van der Waals surface area contributed by atoms with Gasteiger partial charge in [-0.2, -0.15) is 5.10 Å². The normalized spacial score (nSPS) is 11.6. The Morgan fingerprint density at radius 2 is 1.70 bits per heavy atom. The molecule has 1 atom stereocenters. The highest BCUT2D eigenvalue weighted by Crippen LogP contribution is 2.19. The summed E-state index contributed by atoms with van der Waals surface area (Å²) in [5.74, 6) is -0.888. The first-order valence-corrected chi connectivity index (χ1v) is 8.65. The van der Waals surface area contributed by atoms with Gasteiger partial charge in [-0.15, -0.1) is 0 Å². The van der Waals surface area contributed by atoms with E-state index >= 15 is 0 Å². The topological polar surface area (TPSA) is 75.3 Å². The van der Waals surface area contributed by atoms with Gasteiger partial charge in [-0.3, -0.25) is 9.89 Å². The number of esters is 1. The predicted molar refractivity (Wildman–Crippen MR) is 102 cm³/mol. The SMILES string of the molecule is C[C@@H](c1ccccc1)N(C)C(=O)COC(=O)c1cc(-c2ccccc2)n[nH]1. The van der Waals surface area contributed by atoms with Crippen molar-refractivity contribution in [2.75, 3.05) is 13.7 Å². The first kappa shape index (κ1) is 18.4. The largest absolute Gasteiger partial charge is 0.451 e. The summed E-state index contributed by atoms with van der Waals surface area (Å²) in [7, 11) is 1.69. The van der Waals surface area contributed by atoms with Gasteiger partial charge < -0.3 is 9.64 Å². The molecule has 0 aliphatic rings. The Labute approximate surface area is 157 Å². The van der Waals surface area contributed by atoms with Crippen molar-refractivity contribution in [1.29, 1.82) is 0 Å². The fourth-order valence-electron chi connectivity index (χ4n) is 2.66. The lowest BCUT2D eigenvalue weighted by Gasteiger charge is -2.25. The van der Waals surface area contributed by atoms with Gasteiger partial charge in [0.05, 0.1) is 11.7 Å². The zero-order valence-electron chi connectivity index (χ0n) is 15.3. The quantitative estimate of drug-likeness (QED) is 0.681. The van der Waals surface area contributed by atoms with Crippen LogP contribution in [0.3, 0.4) is 0 Å². The highest BCUT2D eigenvalue weighted by molar-refractivity contribution is 5.90. The minimum Gasteiger partial charge on any atom is -0.451 e. The van der Waals surface area contributed by atoms with Crippen LogP contribution >= 0.6 is 0 Å². The van der Waals surface area contributed by atoms with E-state index < -0.39 is 5.97 Å². The summed E-state index contributed by atoms with van der Waals surface area (Å²) < 4.78 is 5.14. The third-order valence-corrected chi connectivity index (χ3v) is 4.45. The van der Waals surface area contributed by atoms with Crippen molar-refractivity contribution in [3.8, 4) is 11.3 Å². The number of amides is 1. The van der Waals surface area contributed by atoms with E-state index in [0.717, 1.165) is 11.1 Å². The van der Waals surface area contributed by atoms with Gasteiger partial charge in [0.2, 0.25) is 0 Å². The average Bonchev–Trinajstić information content (AvgIpc) is 3.22. The van der Waals surface area contributed by atoms with Gasteiger partial charge in [-0.1, -0.05) is 60.7 Å². The van der Waals surface area contributed by atoms with E-state index in [1.807, 2.05) is 67.6 Å². The number of carbonyl (C=O) groups excluding carboxylic acids is 2. The number of benzene rings is 2. The number of ether oxygens (including phenoxy) is 1. The van der Waals surface area contributed by atoms with E-state index in [1.54, 1.807) is 18.0 Å². The van der Waals surface area contributed by atoms with Crippen LogP contribution in [0.15, 0.2) is 66.7 Å². The van der Waals surface area contributed by atoms with E-state index in [-0.39, 0.29) is 24.2 Å². The van der Waals surface area contributed by atoms with Crippen LogP contribution in [0.25, 0.3) is 11.3 Å². The van der Waals surface area contributed by atoms with Gasteiger partial charge in [-0.25, -0.2) is 4.79 Å². The molecule has 1 heterocycles. The Balaban J connectivity index is 1.57. The van der Waals surface area contributed by atoms with Gasteiger partial charge in [0.15, 0.2) is 6.61 Å². The van der Waals surface area contributed by atoms with Crippen LogP contribution < -0.4 is 0 Å². The van der Waals surface area contributed by atoms with Crippen molar-refractivity contribution in [1.82, 2.24) is 15.1 Å². The maximum atomic E-state index is 12.3. The second-order valence-electron chi connectivity index (χ2n) is 6.20. The number of nitrogens with one attached hydrogen (secondary N) is 1. The van der Waals surface area contributed by atoms with Gasteiger partial charge in [0.25, 0.3) is 5.91 Å². The van der Waals surface area contributed by atoms with Crippen molar-refractivity contribution in [2.24, 2.45) is 0 Å². The van der Waals surface area contributed by atoms with Crippen molar-refractivity contribution in [2.45, 2.75) is 13.0 Å². The molecule has 0 aliphatic carbocycles. The van der Waals surface area contributed by atoms with Crippen LogP contribution in [-0.4, -0.2) is 40.6 Å². The minimum absolute atomic E-state index is 0.116. The lowest BCUT2D eigenvalue weighted by molar-refractivity contribution is -0.135. The summed E-state index contributed by atoms with van der Waals surface area (Å²) in [4.78, 5) is 26.1. The number of H-pyrrole nitrogens is 1. The number of rotatable bonds is 6. The molecule has 27 heavy (non-hydrogen) atoms. The first-order valence-electron chi connectivity index (χ1n) is 8.65. The molecule has 1 aromatic heterocycles. The van der Waals surface area contributed by atoms with Crippen molar-refractivity contribution in [3.63, 3.8) is 0 Å². The maximum absolute atomic E-state index is 12.3. The number of aromatic nitrogens is 2. The fourth-order valence-corrected chi connectivity index (χ4v) is 2.66. The van der Waals surface area contributed by atoms with Crippen LogP contribution in [0, 0.1) is 0 Å². The zero-order chi connectivity index (χ0) is 19.2. The third-order valence-electron chi connectivity index (χ3n) is 4.45. The summed E-state index contributed by atoms with van der Waals surface area (Å²) >= 11 is 0. The molecule has 0 aliphatic heterocycles. The minimum atomic E-state index is -0.612. The molecule has 1 amide bonds. The second kappa shape index (κ2) is 8.31. The van der Waals surface area contributed by atoms with Crippen LogP contribution in [0.5, 0.6) is 0 Å². The highest BCUT2D eigenvalue weighted by Gasteiger charge is 2.20. The Kier molecular flexibility index (Phi) is 5.66. The molecule has 0 saturated heterocycles. The molecule has 6 heteroatoms. The van der Waals surface area contributed by atoms with Crippen LogP contribution in [-0.2, 0) is 9.53 Å². The first-order chi connectivity index (χ1) is 13.1. The van der Waals surface area contributed by atoms with E-state index in [1.165, 1.54) is 0 Å². The molecule has 0 bridgehead atoms. The smallest absolute Gasteiger partial charge is 0.356 e. The van der Waals surface area contributed by atoms with Gasteiger partial charge >= 0.3 is 5.97 Å². The summed E-state index contributed by atoms with van der Waals surface area (Å²) in [6.45, 7) is 1.60. The zero-order valence-corrected chi connectivity index (χ0v) is 15.3. The molecule has 6 nitrogen and oxygen atoms in total. The molecule has 1 N–H and O–H groups in total. The Morgan fingerprint density at radius 1 is 1.07 bits per heavy atom. The van der Waals surface area contributed by atoms with E-state index in [9.17, 15) is 9.59 Å². The summed E-state index contributed by atoms with van der Waals surface area (Å²) in [6, 6.07) is 20.7. The van der Waals surface area contributed by atoms with E-state index in [0.29, 0.717) is 5.69 Å². The number of hydrogen-bond donors (Lipinski definition) is 1. The Bertz CT molecular complexity index is 907. The van der Waals surface area contributed by atoms with Gasteiger partial charge in [-0.05, 0) is 18.6 Å². The lowest BCUT2D eigenvalue weighted by atomic mass is 10.1. The number of nitrogens with zero attached hydrogens (tertiary/aromatic N) is 2. The predicted octanol–water partition coefficient (Wildman–Crippen LogP) is 3.45. The van der Waals surface area contributed by atoms with Crippen LogP contribution in [0.2, 0.25) is 0 Å². The van der Waals surface area contributed by atoms with Crippen molar-refractivity contribution in [3.05, 3.63) is 78.0 Å². The summed E-state index contributed by atoms with van der Waals surface area (Å²) in [5.41, 5.74) is 2.75. The van der Waals surface area contributed by atoms with E-state index in [2.05, 4.69) is 10.2 Å². The highest BCUT2D eigenvalue weighted by atomic mass is 16.5. The molecule has 3 rings (SSSR count). The monoisotopic (exact) mass is 363 g/mol. The molecule has 3 aromatic rings. The number of aromatic amines is 1. The molecule has 0 unspecified atom stereocenters. The molecule has 0 saturated carbocycles. The Morgan fingerprint density at radius 3 is 2.37 bits per heavy atom. The van der Waals surface area contributed by atoms with Gasteiger partial charge in [0, 0.05) is 12.6 Å². The molecule has 2 aromatic carbocycles. The maximum Gasteiger partial charge on any atom is 0.356 e. The van der Waals surface area contributed by atoms with Crippen molar-refractivity contribution < 1.29 is 14.3 Å². The van der Waals surface area contributed by atoms with Crippen LogP contribution in [0.4, 0.5) is 0 Å². The average molecular weight is 363 g/mol. The number of likely N-dealkylation sites (N-methyl/N-ethyl adjacent to an activating group) is 1. The summed E-state index contributed by atoms with van der Waals surface area (Å²) in [5, 5.41) is 6.77. The second-order valence-corrected chi connectivity index (χ2v) is 6.20. The molecule has 0 fully saturated rings. The van der Waals surface area contributed by atoms with Crippen molar-refractivity contribution >= 4 is 11.9 Å². The third kappa shape index (κ3) is 4.41. The molecule has 0 radical (unpaired) electrons. The Hall–Kier alpha value is -3.41. The molecular formula is C21H21N3O3. The van der Waals surface area contributed by atoms with Gasteiger partial charge in [0.1, 0.15) is 5.69 Å². The molecule has 138 valence electrons. The van der Waals surface area contributed by atoms with E-state index in [4.69, 9.17) is 4.74 Å². The number of carbonyl (C=O) groups is 2. The fraction of sp³-hybridized carbons (Fsp3) is 0.190.